The summed E-state index contributed by atoms with van der Waals surface area (Å²) in [5, 5.41) is 1.71. The summed E-state index contributed by atoms with van der Waals surface area (Å²) in [5.41, 5.74) is 6.87. The lowest BCUT2D eigenvalue weighted by atomic mass is 9.93. The van der Waals surface area contributed by atoms with Crippen LogP contribution in [0.5, 0.6) is 11.5 Å². The van der Waals surface area contributed by atoms with E-state index in [0.717, 1.165) is 44.2 Å². The number of benzene rings is 4. The van der Waals surface area contributed by atoms with Gasteiger partial charge in [-0.1, -0.05) is 59.8 Å². The van der Waals surface area contributed by atoms with Crippen molar-refractivity contribution in [2.45, 2.75) is 55.4 Å². The number of nitrogens with zero attached hydrogens (tertiary/aromatic N) is 3. The normalized spacial score (nSPS) is 9.60. The number of aryl methyl sites for hydroxylation is 2. The van der Waals surface area contributed by atoms with Crippen molar-refractivity contribution in [3.63, 3.8) is 0 Å². The van der Waals surface area contributed by atoms with E-state index in [4.69, 9.17) is 42.3 Å². The quantitative estimate of drug-likeness (QED) is 0.0248. The first-order valence-electron chi connectivity index (χ1n) is 20.6. The Hall–Kier alpha value is -8.29. The van der Waals surface area contributed by atoms with Gasteiger partial charge in [0.2, 0.25) is 5.36 Å². The van der Waals surface area contributed by atoms with Crippen LogP contribution in [0.25, 0.3) is 33.4 Å². The lowest BCUT2D eigenvalue weighted by Crippen LogP contribution is -2.33. The van der Waals surface area contributed by atoms with E-state index in [1.54, 1.807) is 41.5 Å². The van der Waals surface area contributed by atoms with Crippen LogP contribution >= 0.6 is 0 Å². The molecule has 0 bridgehead atoms. The van der Waals surface area contributed by atoms with Gasteiger partial charge in [-0.2, -0.15) is 4.58 Å². The SMILES string of the molecule is CC#COCN(COC#CC)c1ccc(C)cc1OCCOc1cc(-c2c3ccc(=[N+](COC#CC)COC#CC)cc-3oc3cc(C)ccc23)ccc1N(COC#CC)COC#CC. The van der Waals surface area contributed by atoms with E-state index in [9.17, 15) is 0 Å². The van der Waals surface area contributed by atoms with Crippen molar-refractivity contribution in [2.24, 2.45) is 0 Å². The van der Waals surface area contributed by atoms with Gasteiger partial charge < -0.3 is 52.1 Å². The van der Waals surface area contributed by atoms with Crippen molar-refractivity contribution < 1.29 is 42.3 Å². The molecule has 1 aliphatic heterocycles. The van der Waals surface area contributed by atoms with Gasteiger partial charge in [-0.05, 0) is 66.9 Å². The third-order valence-corrected chi connectivity index (χ3v) is 9.24. The van der Waals surface area contributed by atoms with Crippen molar-refractivity contribution in [1.82, 2.24) is 4.58 Å². The van der Waals surface area contributed by atoms with Gasteiger partial charge in [0.15, 0.2) is 26.9 Å². The van der Waals surface area contributed by atoms with E-state index in [0.29, 0.717) is 28.5 Å². The summed E-state index contributed by atoms with van der Waals surface area (Å²) in [6.45, 7) is 15.3. The van der Waals surface area contributed by atoms with Crippen LogP contribution in [0, 0.1) is 86.0 Å². The number of anilines is 2. The van der Waals surface area contributed by atoms with Crippen LogP contribution in [-0.4, -0.2) is 53.6 Å². The second-order valence-corrected chi connectivity index (χ2v) is 13.9. The fourth-order valence-electron chi connectivity index (χ4n) is 6.47. The third-order valence-electron chi connectivity index (χ3n) is 9.24. The molecule has 332 valence electrons. The molecule has 3 aromatic rings. The van der Waals surface area contributed by atoms with Crippen molar-refractivity contribution in [3.8, 4) is 106 Å². The minimum atomic E-state index is 0.0750. The molecule has 0 amide bonds. The van der Waals surface area contributed by atoms with Gasteiger partial charge in [-0.3, -0.25) is 0 Å². The first-order valence-corrected chi connectivity index (χ1v) is 20.6. The molecule has 0 atom stereocenters. The highest BCUT2D eigenvalue weighted by molar-refractivity contribution is 6.02. The van der Waals surface area contributed by atoms with E-state index in [2.05, 4.69) is 84.3 Å². The second kappa shape index (κ2) is 25.6. The van der Waals surface area contributed by atoms with Crippen LogP contribution in [-0.2, 0) is 28.4 Å². The molecule has 0 saturated heterocycles. The van der Waals surface area contributed by atoms with E-state index >= 15 is 0 Å². The highest BCUT2D eigenvalue weighted by Gasteiger charge is 2.22. The molecular weight excluding hydrogens is 823 g/mol. The summed E-state index contributed by atoms with van der Waals surface area (Å²) in [7, 11) is 0. The zero-order chi connectivity index (χ0) is 46.2. The van der Waals surface area contributed by atoms with Gasteiger partial charge in [0.05, 0.1) is 17.4 Å². The van der Waals surface area contributed by atoms with Crippen LogP contribution in [0.2, 0.25) is 0 Å². The van der Waals surface area contributed by atoms with Gasteiger partial charge in [-0.15, -0.1) is 0 Å². The number of rotatable bonds is 20. The summed E-state index contributed by atoms with van der Waals surface area (Å²) in [4.78, 5) is 3.69. The van der Waals surface area contributed by atoms with Crippen LogP contribution in [0.3, 0.4) is 0 Å². The smallest absolute Gasteiger partial charge is 0.300 e. The van der Waals surface area contributed by atoms with Crippen LogP contribution in [0.15, 0.2) is 77.2 Å². The molecule has 12 nitrogen and oxygen atoms in total. The largest absolute Gasteiger partial charge is 0.488 e. The molecule has 1 heterocycles. The molecule has 12 heteroatoms. The van der Waals surface area contributed by atoms with Gasteiger partial charge >= 0.3 is 0 Å². The lowest BCUT2D eigenvalue weighted by molar-refractivity contribution is 0.143. The number of fused-ring (bicyclic) bond motifs is 2. The maximum atomic E-state index is 6.66. The highest BCUT2D eigenvalue weighted by atomic mass is 16.5. The summed E-state index contributed by atoms with van der Waals surface area (Å²) < 4.78 is 55.2. The third kappa shape index (κ3) is 13.6. The molecule has 1 aliphatic carbocycles. The fraction of sp³-hybridized carbons (Fsp3) is 0.302. The van der Waals surface area contributed by atoms with Gasteiger partial charge in [-0.25, -0.2) is 0 Å². The zero-order valence-electron chi connectivity index (χ0n) is 38.1. The monoisotopic (exact) mass is 874 g/mol. The standard InChI is InChI=1S/C53H52N3O9/c1-9-23-57-35-54(36-58-24-10-2)44-18-20-46-50(34-44)65-49-31-41(7)15-19-45(49)53(46)43-17-22-48(56(39-61-27-13-5)40-62-28-14-6)52(33-43)64-30-29-63-51-32-42(8)16-21-47(51)55(37-59-25-11-3)38-60-26-12-4/h15-22,31-34H,29-30,35-40H2,1-8H3/q+1. The van der Waals surface area contributed by atoms with Crippen molar-refractivity contribution in [3.05, 3.63) is 89.3 Å². The van der Waals surface area contributed by atoms with E-state index in [1.807, 2.05) is 88.9 Å². The Morgan fingerprint density at radius 2 is 0.985 bits per heavy atom. The lowest BCUT2D eigenvalue weighted by Gasteiger charge is -2.26. The van der Waals surface area contributed by atoms with Crippen molar-refractivity contribution >= 4 is 22.3 Å². The summed E-state index contributed by atoms with van der Waals surface area (Å²) in [5.74, 6) is 18.4. The predicted molar refractivity (Wildman–Crippen MR) is 252 cm³/mol. The Balaban J connectivity index is 1.60. The fourth-order valence-corrected chi connectivity index (χ4v) is 6.47. The van der Waals surface area contributed by atoms with Gasteiger partial charge in [0.25, 0.3) is 13.5 Å². The van der Waals surface area contributed by atoms with Crippen molar-refractivity contribution in [2.75, 3.05) is 63.4 Å². The van der Waals surface area contributed by atoms with Crippen LogP contribution < -0.4 is 29.2 Å². The Morgan fingerprint density at radius 3 is 1.52 bits per heavy atom. The molecule has 0 saturated carbocycles. The average molecular weight is 875 g/mol. The topological polar surface area (TPSA) is 96.5 Å². The maximum absolute atomic E-state index is 6.66. The molecule has 2 aliphatic rings. The Morgan fingerprint density at radius 1 is 0.508 bits per heavy atom. The Bertz CT molecular complexity index is 2780. The molecular formula is C53H52N3O9+. The van der Waals surface area contributed by atoms with Crippen LogP contribution in [0.1, 0.15) is 52.7 Å². The number of hydrogen-bond acceptors (Lipinski definition) is 11. The van der Waals surface area contributed by atoms with E-state index < -0.39 is 0 Å². The zero-order valence-corrected chi connectivity index (χ0v) is 38.1. The summed E-state index contributed by atoms with van der Waals surface area (Å²) in [6.07, 6.45) is 16.0. The minimum Gasteiger partial charge on any atom is -0.488 e. The first-order chi connectivity index (χ1) is 31.8. The molecule has 0 spiro atoms. The first kappa shape index (κ1) is 47.8. The Kier molecular flexibility index (Phi) is 18.8. The van der Waals surface area contributed by atoms with E-state index in [-0.39, 0.29) is 53.6 Å². The second-order valence-electron chi connectivity index (χ2n) is 13.9. The Labute approximate surface area is 382 Å². The molecule has 0 aromatic heterocycles. The van der Waals surface area contributed by atoms with E-state index in [1.165, 1.54) is 0 Å². The molecule has 0 N–H and O–H groups in total. The molecule has 0 fully saturated rings. The van der Waals surface area contributed by atoms with Gasteiger partial charge in [0.1, 0.15) is 72.7 Å². The molecule has 3 aromatic carbocycles. The highest BCUT2D eigenvalue weighted by Crippen LogP contribution is 2.43. The average Bonchev–Trinajstić information content (AvgIpc) is 3.31. The number of ether oxygens (including phenoxy) is 8. The molecule has 5 rings (SSSR count). The predicted octanol–water partition coefficient (Wildman–Crippen LogP) is 8.39. The summed E-state index contributed by atoms with van der Waals surface area (Å²) >= 11 is 0. The maximum Gasteiger partial charge on any atom is 0.300 e. The molecule has 0 radical (unpaired) electrons. The van der Waals surface area contributed by atoms with Crippen molar-refractivity contribution in [1.29, 1.82) is 0 Å². The van der Waals surface area contributed by atoms with Gasteiger partial charge in [0, 0.05) is 64.1 Å². The minimum absolute atomic E-state index is 0.0750. The summed E-state index contributed by atoms with van der Waals surface area (Å²) in [6, 6.07) is 24.0. The molecule has 0 unspecified atom stereocenters. The number of hydrogen-bond donors (Lipinski definition) is 0. The molecule has 65 heavy (non-hydrogen) atoms. The van der Waals surface area contributed by atoms with Crippen LogP contribution in [0.4, 0.5) is 11.4 Å².